The fraction of sp³-hybridized carbons (Fsp3) is 0.529. The van der Waals surface area contributed by atoms with Crippen molar-refractivity contribution in [2.24, 2.45) is 5.92 Å². The summed E-state index contributed by atoms with van der Waals surface area (Å²) in [6.07, 6.45) is 2.44. The fourth-order valence-corrected chi connectivity index (χ4v) is 3.43. The summed E-state index contributed by atoms with van der Waals surface area (Å²) in [5.74, 6) is -0.0575. The maximum Gasteiger partial charge on any atom is 0.329 e. The van der Waals surface area contributed by atoms with Crippen LogP contribution in [0.2, 0.25) is 0 Å². The number of imidazole rings is 1. The summed E-state index contributed by atoms with van der Waals surface area (Å²) < 4.78 is 3.18. The highest BCUT2D eigenvalue weighted by Gasteiger charge is 2.25. The number of carbonyl (C=O) groups is 1. The number of aromatic nitrogens is 2. The average Bonchev–Trinajstić information content (AvgIpc) is 3.07. The molecule has 1 aromatic carbocycles. The van der Waals surface area contributed by atoms with Gasteiger partial charge in [-0.15, -0.1) is 0 Å². The molecule has 0 radical (unpaired) electrons. The normalized spacial score (nSPS) is 21.0. The van der Waals surface area contributed by atoms with Gasteiger partial charge in [0.2, 0.25) is 5.91 Å². The molecule has 1 aromatic heterocycles. The van der Waals surface area contributed by atoms with Crippen LogP contribution in [0.5, 0.6) is 0 Å². The molecule has 3 rings (SSSR count). The summed E-state index contributed by atoms with van der Waals surface area (Å²) in [5.41, 5.74) is 1.46. The molecular weight excluding hydrogens is 294 g/mol. The van der Waals surface area contributed by atoms with Crippen molar-refractivity contribution in [1.82, 2.24) is 14.5 Å². The molecule has 0 aliphatic heterocycles. The van der Waals surface area contributed by atoms with Gasteiger partial charge in [-0.1, -0.05) is 18.6 Å². The van der Waals surface area contributed by atoms with Crippen LogP contribution in [0.1, 0.15) is 26.2 Å². The molecule has 1 amide bonds. The zero-order chi connectivity index (χ0) is 16.4. The Morgan fingerprint density at radius 1 is 1.26 bits per heavy atom. The van der Waals surface area contributed by atoms with Crippen LogP contribution in [0, 0.1) is 5.92 Å². The minimum absolute atomic E-state index is 0.00909. The van der Waals surface area contributed by atoms with Crippen LogP contribution in [0.15, 0.2) is 29.1 Å². The smallest absolute Gasteiger partial charge is 0.329 e. The number of rotatable bonds is 5. The van der Waals surface area contributed by atoms with Crippen molar-refractivity contribution in [1.29, 1.82) is 0 Å². The summed E-state index contributed by atoms with van der Waals surface area (Å²) in [7, 11) is 0. The maximum absolute atomic E-state index is 12.5. The predicted molar refractivity (Wildman–Crippen MR) is 88.2 cm³/mol. The second-order valence-electron chi connectivity index (χ2n) is 6.16. The summed E-state index contributed by atoms with van der Waals surface area (Å²) in [6, 6.07) is 7.51. The van der Waals surface area contributed by atoms with Crippen LogP contribution in [-0.4, -0.2) is 32.8 Å². The van der Waals surface area contributed by atoms with Gasteiger partial charge in [-0.2, -0.15) is 0 Å². The number of nitrogens with one attached hydrogen (secondary N) is 1. The number of aliphatic hydroxyl groups is 1. The Bertz CT molecular complexity index is 762. The zero-order valence-corrected chi connectivity index (χ0v) is 13.4. The van der Waals surface area contributed by atoms with E-state index in [2.05, 4.69) is 5.32 Å². The van der Waals surface area contributed by atoms with Gasteiger partial charge in [0.1, 0.15) is 6.54 Å². The zero-order valence-electron chi connectivity index (χ0n) is 13.4. The Morgan fingerprint density at radius 3 is 2.57 bits per heavy atom. The van der Waals surface area contributed by atoms with E-state index in [1.807, 2.05) is 31.2 Å². The first-order valence-corrected chi connectivity index (χ1v) is 8.24. The highest BCUT2D eigenvalue weighted by Crippen LogP contribution is 2.24. The Labute approximate surface area is 134 Å². The number of hydrogen-bond acceptors (Lipinski definition) is 3. The Hall–Kier alpha value is -2.08. The fourth-order valence-electron chi connectivity index (χ4n) is 3.43. The van der Waals surface area contributed by atoms with Gasteiger partial charge in [0, 0.05) is 19.0 Å². The lowest BCUT2D eigenvalue weighted by Crippen LogP contribution is -2.37. The van der Waals surface area contributed by atoms with Crippen molar-refractivity contribution < 1.29 is 9.90 Å². The molecule has 2 N–H and O–H groups in total. The number of fused-ring (bicyclic) bond motifs is 1. The molecule has 6 nitrogen and oxygen atoms in total. The first kappa shape index (κ1) is 15.8. The highest BCUT2D eigenvalue weighted by atomic mass is 16.3. The van der Waals surface area contributed by atoms with Gasteiger partial charge in [0.15, 0.2) is 0 Å². The first-order chi connectivity index (χ1) is 11.1. The topological polar surface area (TPSA) is 76.3 Å². The van der Waals surface area contributed by atoms with Crippen molar-refractivity contribution in [3.63, 3.8) is 0 Å². The van der Waals surface area contributed by atoms with Crippen molar-refractivity contribution in [3.8, 4) is 0 Å². The molecule has 1 saturated carbocycles. The summed E-state index contributed by atoms with van der Waals surface area (Å²) in [5, 5.41) is 12.7. The molecule has 0 saturated heterocycles. The van der Waals surface area contributed by atoms with Gasteiger partial charge >= 0.3 is 5.69 Å². The third-order valence-electron chi connectivity index (χ3n) is 4.72. The van der Waals surface area contributed by atoms with Gasteiger partial charge in [0.25, 0.3) is 0 Å². The van der Waals surface area contributed by atoms with Crippen LogP contribution in [0.25, 0.3) is 11.0 Å². The average molecular weight is 317 g/mol. The lowest BCUT2D eigenvalue weighted by atomic mass is 10.1. The first-order valence-electron chi connectivity index (χ1n) is 8.24. The second kappa shape index (κ2) is 6.58. The van der Waals surface area contributed by atoms with Gasteiger partial charge in [-0.25, -0.2) is 4.79 Å². The molecule has 2 atom stereocenters. The number of aryl methyl sites for hydroxylation is 1. The summed E-state index contributed by atoms with van der Waals surface area (Å²) in [6.45, 7) is 2.97. The van der Waals surface area contributed by atoms with Crippen LogP contribution < -0.4 is 11.0 Å². The number of aliphatic hydroxyl groups excluding tert-OH is 1. The van der Waals surface area contributed by atoms with Crippen LogP contribution in [0.3, 0.4) is 0 Å². The third-order valence-corrected chi connectivity index (χ3v) is 4.72. The van der Waals surface area contributed by atoms with Crippen molar-refractivity contribution in [2.75, 3.05) is 6.54 Å². The monoisotopic (exact) mass is 317 g/mol. The number of benzene rings is 1. The highest BCUT2D eigenvalue weighted by molar-refractivity contribution is 5.80. The molecule has 6 heteroatoms. The standard InChI is InChI=1S/C17H23N3O3/c1-2-19-13-7-3-4-8-14(13)20(17(19)23)11-16(22)18-10-12-6-5-9-15(12)21/h3-4,7-8,12,15,21H,2,5-6,9-11H2,1H3,(H,18,22). The number of hydrogen-bond donors (Lipinski definition) is 2. The van der Waals surface area contributed by atoms with E-state index >= 15 is 0 Å². The molecule has 23 heavy (non-hydrogen) atoms. The molecule has 2 unspecified atom stereocenters. The van der Waals surface area contributed by atoms with E-state index in [0.29, 0.717) is 13.1 Å². The lowest BCUT2D eigenvalue weighted by molar-refractivity contribution is -0.121. The van der Waals surface area contributed by atoms with E-state index in [9.17, 15) is 14.7 Å². The Balaban J connectivity index is 1.75. The molecule has 1 fully saturated rings. The molecule has 0 bridgehead atoms. The molecule has 1 heterocycles. The van der Waals surface area contributed by atoms with Gasteiger partial charge in [0.05, 0.1) is 17.1 Å². The van der Waals surface area contributed by atoms with Crippen molar-refractivity contribution in [2.45, 2.75) is 45.4 Å². The molecule has 0 spiro atoms. The van der Waals surface area contributed by atoms with Gasteiger partial charge in [-0.3, -0.25) is 13.9 Å². The van der Waals surface area contributed by atoms with E-state index in [1.165, 1.54) is 4.57 Å². The lowest BCUT2D eigenvalue weighted by Gasteiger charge is -2.15. The molecule has 124 valence electrons. The van der Waals surface area contributed by atoms with Crippen molar-refractivity contribution in [3.05, 3.63) is 34.7 Å². The Morgan fingerprint density at radius 2 is 1.96 bits per heavy atom. The largest absolute Gasteiger partial charge is 0.393 e. The van der Waals surface area contributed by atoms with Gasteiger partial charge in [-0.05, 0) is 31.9 Å². The summed E-state index contributed by atoms with van der Waals surface area (Å²) in [4.78, 5) is 24.7. The third kappa shape index (κ3) is 3.03. The number of amides is 1. The number of carbonyl (C=O) groups excluding carboxylic acids is 1. The quantitative estimate of drug-likeness (QED) is 0.867. The molecular formula is C17H23N3O3. The number of nitrogens with zero attached hydrogens (tertiary/aromatic N) is 2. The van der Waals surface area contributed by atoms with Crippen LogP contribution in [-0.2, 0) is 17.9 Å². The Kier molecular flexibility index (Phi) is 4.52. The van der Waals surface area contributed by atoms with Gasteiger partial charge < -0.3 is 10.4 Å². The molecule has 1 aliphatic carbocycles. The minimum atomic E-state index is -0.319. The summed E-state index contributed by atoms with van der Waals surface area (Å²) >= 11 is 0. The van der Waals surface area contributed by atoms with E-state index in [1.54, 1.807) is 4.57 Å². The van der Waals surface area contributed by atoms with E-state index in [-0.39, 0.29) is 30.2 Å². The molecule has 1 aliphatic rings. The second-order valence-corrected chi connectivity index (χ2v) is 6.16. The number of para-hydroxylation sites is 2. The van der Waals surface area contributed by atoms with E-state index in [4.69, 9.17) is 0 Å². The van der Waals surface area contributed by atoms with Crippen LogP contribution >= 0.6 is 0 Å². The van der Waals surface area contributed by atoms with Crippen molar-refractivity contribution >= 4 is 16.9 Å². The minimum Gasteiger partial charge on any atom is -0.393 e. The molecule has 2 aromatic rings. The SMILES string of the molecule is CCn1c(=O)n(CC(=O)NCC2CCCC2O)c2ccccc21. The predicted octanol–water partition coefficient (Wildman–Crippen LogP) is 1.10. The van der Waals surface area contributed by atoms with Crippen LogP contribution in [0.4, 0.5) is 0 Å². The van der Waals surface area contributed by atoms with E-state index in [0.717, 1.165) is 30.3 Å². The van der Waals surface area contributed by atoms with E-state index < -0.39 is 0 Å². The maximum atomic E-state index is 12.5.